The Balaban J connectivity index is 2.89. The SMILES string of the molecule is CS1(=O)=NC(=O)n2nccc21. The molecule has 6 heteroatoms. The maximum atomic E-state index is 11.4. The lowest BCUT2D eigenvalue weighted by molar-refractivity contribution is 0.247. The van der Waals surface area contributed by atoms with Gasteiger partial charge in [-0.15, -0.1) is 4.36 Å². The van der Waals surface area contributed by atoms with Crippen molar-refractivity contribution in [3.05, 3.63) is 12.3 Å². The number of fused-ring (bicyclic) bond motifs is 1. The minimum atomic E-state index is -2.49. The quantitative estimate of drug-likeness (QED) is 0.564. The average molecular weight is 171 g/mol. The fourth-order valence-electron chi connectivity index (χ4n) is 0.956. The number of hydrogen-bond donors (Lipinski definition) is 0. The third kappa shape index (κ3) is 0.725. The predicted molar refractivity (Wildman–Crippen MR) is 37.8 cm³/mol. The second kappa shape index (κ2) is 1.70. The van der Waals surface area contributed by atoms with E-state index in [9.17, 15) is 9.00 Å². The Morgan fingerprint density at radius 3 is 3.00 bits per heavy atom. The van der Waals surface area contributed by atoms with Gasteiger partial charge in [0.15, 0.2) is 0 Å². The van der Waals surface area contributed by atoms with Gasteiger partial charge in [0.1, 0.15) is 5.03 Å². The summed E-state index contributed by atoms with van der Waals surface area (Å²) in [7, 11) is -2.49. The van der Waals surface area contributed by atoms with E-state index in [1.165, 1.54) is 18.5 Å². The second-order valence-electron chi connectivity index (χ2n) is 2.26. The van der Waals surface area contributed by atoms with Gasteiger partial charge in [0.05, 0.1) is 15.9 Å². The van der Waals surface area contributed by atoms with Crippen LogP contribution >= 0.6 is 0 Å². The molecular weight excluding hydrogens is 166 g/mol. The summed E-state index contributed by atoms with van der Waals surface area (Å²) in [6, 6.07) is 0.994. The molecule has 2 rings (SSSR count). The Kier molecular flexibility index (Phi) is 1.01. The van der Waals surface area contributed by atoms with Crippen LogP contribution in [0.15, 0.2) is 21.7 Å². The maximum Gasteiger partial charge on any atom is 0.377 e. The molecule has 0 spiro atoms. The molecule has 2 heterocycles. The van der Waals surface area contributed by atoms with Crippen LogP contribution in [-0.2, 0) is 9.73 Å². The molecule has 1 aliphatic heterocycles. The molecule has 1 aliphatic rings. The summed E-state index contributed by atoms with van der Waals surface area (Å²) in [4.78, 5) is 10.9. The van der Waals surface area contributed by atoms with Crippen LogP contribution in [0.3, 0.4) is 0 Å². The normalized spacial score (nSPS) is 28.3. The molecule has 0 saturated heterocycles. The monoisotopic (exact) mass is 171 g/mol. The van der Waals surface area contributed by atoms with Gasteiger partial charge in [-0.25, -0.2) is 9.00 Å². The molecule has 11 heavy (non-hydrogen) atoms. The van der Waals surface area contributed by atoms with Crippen LogP contribution in [-0.4, -0.2) is 26.3 Å². The zero-order valence-corrected chi connectivity index (χ0v) is 6.54. The van der Waals surface area contributed by atoms with Crippen LogP contribution < -0.4 is 0 Å². The van der Waals surface area contributed by atoms with E-state index in [1.807, 2.05) is 0 Å². The zero-order chi connectivity index (χ0) is 8.06. The van der Waals surface area contributed by atoms with E-state index >= 15 is 0 Å². The Bertz CT molecular complexity index is 438. The van der Waals surface area contributed by atoms with Crippen molar-refractivity contribution >= 4 is 15.8 Å². The van der Waals surface area contributed by atoms with Crippen LogP contribution in [0.25, 0.3) is 0 Å². The van der Waals surface area contributed by atoms with Gasteiger partial charge in [0.2, 0.25) is 0 Å². The first-order valence-corrected chi connectivity index (χ1v) is 4.84. The second-order valence-corrected chi connectivity index (χ2v) is 4.46. The van der Waals surface area contributed by atoms with Gasteiger partial charge in [0, 0.05) is 6.26 Å². The molecule has 1 aromatic rings. The fourth-order valence-corrected chi connectivity index (χ4v) is 2.18. The number of carbonyl (C=O) groups is 1. The van der Waals surface area contributed by atoms with E-state index in [-0.39, 0.29) is 0 Å². The number of carbonyl (C=O) groups excluding carboxylic acids is 1. The summed E-state index contributed by atoms with van der Waals surface area (Å²) in [6.45, 7) is 0. The van der Waals surface area contributed by atoms with Gasteiger partial charge in [-0.2, -0.15) is 9.78 Å². The van der Waals surface area contributed by atoms with E-state index in [2.05, 4.69) is 9.46 Å². The van der Waals surface area contributed by atoms with Crippen molar-refractivity contribution in [3.63, 3.8) is 0 Å². The highest BCUT2D eigenvalue weighted by Gasteiger charge is 2.25. The number of hydrogen-bond acceptors (Lipinski definition) is 3. The highest BCUT2D eigenvalue weighted by Crippen LogP contribution is 2.17. The summed E-state index contributed by atoms with van der Waals surface area (Å²) in [5.74, 6) is 0. The highest BCUT2D eigenvalue weighted by molar-refractivity contribution is 7.93. The molecule has 58 valence electrons. The Hall–Kier alpha value is -1.17. The van der Waals surface area contributed by atoms with Crippen LogP contribution in [0.1, 0.15) is 0 Å². The molecule has 1 unspecified atom stereocenters. The summed E-state index contributed by atoms with van der Waals surface area (Å²) >= 11 is 0. The highest BCUT2D eigenvalue weighted by atomic mass is 32.2. The average Bonchev–Trinajstić information content (AvgIpc) is 2.37. The first-order valence-electron chi connectivity index (χ1n) is 2.92. The molecule has 0 N–H and O–H groups in total. The van der Waals surface area contributed by atoms with Crippen LogP contribution in [0.4, 0.5) is 4.79 Å². The van der Waals surface area contributed by atoms with E-state index in [0.717, 1.165) is 4.68 Å². The van der Waals surface area contributed by atoms with Crippen molar-refractivity contribution in [2.75, 3.05) is 6.26 Å². The van der Waals surface area contributed by atoms with Crippen LogP contribution in [0.5, 0.6) is 0 Å². The van der Waals surface area contributed by atoms with Gasteiger partial charge in [-0.1, -0.05) is 0 Å². The Labute approximate surface area is 63.2 Å². The third-order valence-electron chi connectivity index (χ3n) is 1.43. The van der Waals surface area contributed by atoms with Gasteiger partial charge in [-0.05, 0) is 6.07 Å². The van der Waals surface area contributed by atoms with Crippen molar-refractivity contribution in [2.24, 2.45) is 4.36 Å². The minimum absolute atomic E-state index is 0.391. The molecule has 1 aromatic heterocycles. The fraction of sp³-hybridized carbons (Fsp3) is 0.200. The number of amides is 1. The maximum absolute atomic E-state index is 11.4. The van der Waals surface area contributed by atoms with E-state index in [1.54, 1.807) is 0 Å². The van der Waals surface area contributed by atoms with Crippen molar-refractivity contribution in [1.82, 2.24) is 9.78 Å². The molecule has 0 aliphatic carbocycles. The summed E-state index contributed by atoms with van der Waals surface area (Å²) in [5.41, 5.74) is 0. The van der Waals surface area contributed by atoms with Crippen molar-refractivity contribution < 1.29 is 9.00 Å². The minimum Gasteiger partial charge on any atom is -0.243 e. The van der Waals surface area contributed by atoms with Gasteiger partial charge < -0.3 is 0 Å². The smallest absolute Gasteiger partial charge is 0.243 e. The topological polar surface area (TPSA) is 64.3 Å². The molecule has 0 radical (unpaired) electrons. The van der Waals surface area contributed by atoms with Crippen molar-refractivity contribution in [3.8, 4) is 0 Å². The summed E-state index contributed by atoms with van der Waals surface area (Å²) < 4.78 is 15.9. The molecule has 1 amide bonds. The standard InChI is InChI=1S/C5H5N3O2S/c1-11(10)4-2-3-6-8(4)5(9)7-11/h2-3H,1H3. The van der Waals surface area contributed by atoms with Crippen molar-refractivity contribution in [1.29, 1.82) is 0 Å². The van der Waals surface area contributed by atoms with Gasteiger partial charge >= 0.3 is 6.03 Å². The van der Waals surface area contributed by atoms with Crippen LogP contribution in [0.2, 0.25) is 0 Å². The first-order chi connectivity index (χ1) is 5.11. The van der Waals surface area contributed by atoms with Crippen molar-refractivity contribution in [2.45, 2.75) is 5.03 Å². The summed E-state index contributed by atoms with van der Waals surface area (Å²) in [5, 5.41) is 4.06. The Morgan fingerprint density at radius 2 is 2.36 bits per heavy atom. The number of rotatable bonds is 0. The lowest BCUT2D eigenvalue weighted by atomic mass is 10.7. The van der Waals surface area contributed by atoms with E-state index in [4.69, 9.17) is 0 Å². The summed E-state index contributed by atoms with van der Waals surface area (Å²) in [6.07, 6.45) is 2.86. The molecule has 0 fully saturated rings. The van der Waals surface area contributed by atoms with Gasteiger partial charge in [0.25, 0.3) is 0 Å². The molecular formula is C5H5N3O2S. The molecule has 0 aromatic carbocycles. The zero-order valence-electron chi connectivity index (χ0n) is 5.72. The molecule has 1 atom stereocenters. The lowest BCUT2D eigenvalue weighted by Gasteiger charge is -1.89. The first kappa shape index (κ1) is 6.53. The molecule has 0 bridgehead atoms. The van der Waals surface area contributed by atoms with E-state index < -0.39 is 15.8 Å². The lowest BCUT2D eigenvalue weighted by Crippen LogP contribution is -2.04. The van der Waals surface area contributed by atoms with E-state index in [0.29, 0.717) is 5.03 Å². The van der Waals surface area contributed by atoms with Gasteiger partial charge in [-0.3, -0.25) is 0 Å². The number of aromatic nitrogens is 2. The third-order valence-corrected chi connectivity index (χ3v) is 3.02. The molecule has 5 nitrogen and oxygen atoms in total. The molecule has 0 saturated carbocycles. The number of nitrogens with zero attached hydrogens (tertiary/aromatic N) is 3. The Morgan fingerprint density at radius 1 is 1.64 bits per heavy atom. The predicted octanol–water partition coefficient (Wildman–Crippen LogP) is 0.322. The largest absolute Gasteiger partial charge is 0.377 e. The van der Waals surface area contributed by atoms with Crippen LogP contribution in [0, 0.1) is 0 Å².